The van der Waals surface area contributed by atoms with E-state index >= 15 is 0 Å². The maximum atomic E-state index is 11.4. The highest BCUT2D eigenvalue weighted by molar-refractivity contribution is 5.76. The van der Waals surface area contributed by atoms with Gasteiger partial charge in [0.25, 0.3) is 0 Å². The summed E-state index contributed by atoms with van der Waals surface area (Å²) in [7, 11) is 2.31. The van der Waals surface area contributed by atoms with E-state index in [2.05, 4.69) is 12.4 Å². The van der Waals surface area contributed by atoms with Crippen LogP contribution in [0.25, 0.3) is 0 Å². The number of amides is 1. The van der Waals surface area contributed by atoms with Gasteiger partial charge in [-0.15, -0.1) is 0 Å². The lowest BCUT2D eigenvalue weighted by Crippen LogP contribution is -2.55. The molecule has 3 nitrogen and oxygen atoms in total. The lowest BCUT2D eigenvalue weighted by molar-refractivity contribution is -0.935. The summed E-state index contributed by atoms with van der Waals surface area (Å²) in [6.45, 7) is 3.25. The lowest BCUT2D eigenvalue weighted by Gasteiger charge is -2.43. The average Bonchev–Trinajstić information content (AvgIpc) is 2.23. The monoisotopic (exact) mass is 183 g/mol. The smallest absolute Gasteiger partial charge is 0.226 e. The molecule has 0 bridgehead atoms. The van der Waals surface area contributed by atoms with Gasteiger partial charge in [-0.25, -0.2) is 0 Å². The van der Waals surface area contributed by atoms with Crippen molar-refractivity contribution in [3.05, 3.63) is 0 Å². The fourth-order valence-electron chi connectivity index (χ4n) is 2.70. The number of hydrogen-bond donors (Lipinski definition) is 1. The first kappa shape index (κ1) is 9.00. The molecule has 2 fully saturated rings. The second-order valence-electron chi connectivity index (χ2n) is 4.63. The molecule has 2 atom stereocenters. The fraction of sp³-hybridized carbons (Fsp3) is 0.900. The van der Waals surface area contributed by atoms with Crippen LogP contribution in [0.4, 0.5) is 0 Å². The maximum absolute atomic E-state index is 11.4. The van der Waals surface area contributed by atoms with Crippen molar-refractivity contribution in [2.45, 2.75) is 31.7 Å². The van der Waals surface area contributed by atoms with Crippen molar-refractivity contribution >= 4 is 5.91 Å². The van der Waals surface area contributed by atoms with Gasteiger partial charge in [0.15, 0.2) is 0 Å². The van der Waals surface area contributed by atoms with Gasteiger partial charge in [0.1, 0.15) is 0 Å². The Hall–Kier alpha value is -0.570. The molecular weight excluding hydrogens is 164 g/mol. The molecule has 1 N–H and O–H groups in total. The first-order valence-electron chi connectivity index (χ1n) is 5.32. The Bertz CT molecular complexity index is 217. The Morgan fingerprint density at radius 3 is 3.08 bits per heavy atom. The third-order valence-corrected chi connectivity index (χ3v) is 3.70. The summed E-state index contributed by atoms with van der Waals surface area (Å²) in [5.41, 5.74) is 0. The minimum atomic E-state index is 0.258. The van der Waals surface area contributed by atoms with Crippen molar-refractivity contribution < 1.29 is 9.28 Å². The number of rotatable bonds is 0. The largest absolute Gasteiger partial charge is 0.350 e. The van der Waals surface area contributed by atoms with Crippen molar-refractivity contribution in [2.75, 3.05) is 26.7 Å². The summed E-state index contributed by atoms with van der Waals surface area (Å²) in [5.74, 6) is 0.258. The molecule has 1 amide bonds. The number of hydrogen-bond acceptors (Lipinski definition) is 1. The van der Waals surface area contributed by atoms with Crippen LogP contribution in [0.5, 0.6) is 0 Å². The van der Waals surface area contributed by atoms with Gasteiger partial charge < -0.3 is 9.80 Å². The van der Waals surface area contributed by atoms with Crippen molar-refractivity contribution in [1.29, 1.82) is 0 Å². The number of quaternary nitrogens is 1. The summed E-state index contributed by atoms with van der Waals surface area (Å²) in [4.78, 5) is 11.4. The lowest BCUT2D eigenvalue weighted by atomic mass is 9.97. The molecule has 0 aromatic rings. The van der Waals surface area contributed by atoms with Crippen LogP contribution in [0.1, 0.15) is 25.7 Å². The van der Waals surface area contributed by atoms with Gasteiger partial charge >= 0.3 is 0 Å². The van der Waals surface area contributed by atoms with Crippen LogP contribution in [0, 0.1) is 0 Å². The van der Waals surface area contributed by atoms with E-state index in [1.807, 2.05) is 0 Å². The number of nitrogens with zero attached hydrogens (tertiary/aromatic N) is 1. The molecule has 0 spiro atoms. The van der Waals surface area contributed by atoms with Gasteiger partial charge in [0.2, 0.25) is 5.91 Å². The van der Waals surface area contributed by atoms with Gasteiger partial charge in [-0.3, -0.25) is 4.79 Å². The number of likely N-dealkylation sites (N-methyl/N-ethyl adjacent to an activating group) is 1. The topological polar surface area (TPSA) is 29.1 Å². The SMILES string of the molecule is C[N+]12CCCC[C@H]1CC(=O)NCC2. The predicted molar refractivity (Wildman–Crippen MR) is 51.2 cm³/mol. The Balaban J connectivity index is 2.13. The molecule has 0 aliphatic carbocycles. The van der Waals surface area contributed by atoms with Gasteiger partial charge in [0, 0.05) is 6.42 Å². The summed E-state index contributed by atoms with van der Waals surface area (Å²) >= 11 is 0. The summed E-state index contributed by atoms with van der Waals surface area (Å²) in [5, 5.41) is 2.97. The van der Waals surface area contributed by atoms with Gasteiger partial charge in [0.05, 0.1) is 39.1 Å². The fourth-order valence-corrected chi connectivity index (χ4v) is 2.70. The highest BCUT2D eigenvalue weighted by Crippen LogP contribution is 2.26. The third kappa shape index (κ3) is 1.70. The quantitative estimate of drug-likeness (QED) is 0.545. The molecule has 2 rings (SSSR count). The van der Waals surface area contributed by atoms with Crippen LogP contribution in [-0.4, -0.2) is 43.1 Å². The van der Waals surface area contributed by atoms with E-state index in [-0.39, 0.29) is 5.91 Å². The molecule has 2 heterocycles. The standard InChI is InChI=1S/C10H18N2O/c1-12-6-3-2-4-9(12)8-10(13)11-5-7-12/h9H,2-8H2,1H3/p+1/t9-,12?/m0/s1. The number of carbonyl (C=O) groups excluding carboxylic acids is 1. The highest BCUT2D eigenvalue weighted by Gasteiger charge is 2.38. The molecule has 1 unspecified atom stereocenters. The molecule has 13 heavy (non-hydrogen) atoms. The molecule has 0 aromatic carbocycles. The Labute approximate surface area is 79.7 Å². The number of piperidine rings is 1. The van der Waals surface area contributed by atoms with Crippen molar-refractivity contribution in [3.63, 3.8) is 0 Å². The third-order valence-electron chi connectivity index (χ3n) is 3.70. The number of carbonyl (C=O) groups is 1. The minimum Gasteiger partial charge on any atom is -0.350 e. The Morgan fingerprint density at radius 2 is 2.23 bits per heavy atom. The van der Waals surface area contributed by atoms with E-state index in [1.54, 1.807) is 0 Å². The molecule has 0 radical (unpaired) electrons. The van der Waals surface area contributed by atoms with Crippen LogP contribution >= 0.6 is 0 Å². The summed E-state index contributed by atoms with van der Waals surface area (Å²) in [6, 6.07) is 0.594. The zero-order chi connectivity index (χ0) is 9.31. The summed E-state index contributed by atoms with van der Waals surface area (Å²) in [6.07, 6.45) is 4.63. The van der Waals surface area contributed by atoms with Gasteiger partial charge in [-0.1, -0.05) is 0 Å². The number of nitrogens with one attached hydrogen (secondary N) is 1. The molecule has 3 heteroatoms. The van der Waals surface area contributed by atoms with Crippen molar-refractivity contribution in [1.82, 2.24) is 5.32 Å². The molecule has 2 aliphatic rings. The van der Waals surface area contributed by atoms with Crippen LogP contribution in [0.3, 0.4) is 0 Å². The summed E-state index contributed by atoms with van der Waals surface area (Å²) < 4.78 is 1.12. The van der Waals surface area contributed by atoms with E-state index in [1.165, 1.54) is 25.8 Å². The van der Waals surface area contributed by atoms with Crippen LogP contribution in [-0.2, 0) is 4.79 Å². The second-order valence-corrected chi connectivity index (χ2v) is 4.63. The maximum Gasteiger partial charge on any atom is 0.226 e. The van der Waals surface area contributed by atoms with Crippen LogP contribution < -0.4 is 5.32 Å². The Kier molecular flexibility index (Phi) is 2.28. The molecule has 0 saturated carbocycles. The van der Waals surface area contributed by atoms with Crippen molar-refractivity contribution in [2.24, 2.45) is 0 Å². The van der Waals surface area contributed by atoms with E-state index in [0.717, 1.165) is 24.0 Å². The molecule has 74 valence electrons. The molecule has 2 saturated heterocycles. The van der Waals surface area contributed by atoms with Gasteiger partial charge in [-0.2, -0.15) is 0 Å². The predicted octanol–water partition coefficient (Wildman–Crippen LogP) is 0.505. The van der Waals surface area contributed by atoms with E-state index in [4.69, 9.17) is 0 Å². The van der Waals surface area contributed by atoms with Crippen LogP contribution in [0.2, 0.25) is 0 Å². The second kappa shape index (κ2) is 3.29. The van der Waals surface area contributed by atoms with Crippen molar-refractivity contribution in [3.8, 4) is 0 Å². The zero-order valence-electron chi connectivity index (χ0n) is 8.38. The molecule has 0 aromatic heterocycles. The Morgan fingerprint density at radius 1 is 1.38 bits per heavy atom. The molecule has 2 aliphatic heterocycles. The zero-order valence-corrected chi connectivity index (χ0v) is 8.38. The highest BCUT2D eigenvalue weighted by atomic mass is 16.1. The average molecular weight is 183 g/mol. The number of fused-ring (bicyclic) bond motifs is 1. The first-order valence-corrected chi connectivity index (χ1v) is 5.32. The minimum absolute atomic E-state index is 0.258. The van der Waals surface area contributed by atoms with E-state index in [9.17, 15) is 4.79 Å². The normalized spacial score (nSPS) is 40.4. The molecular formula is C10H19N2O+. The van der Waals surface area contributed by atoms with E-state index < -0.39 is 0 Å². The first-order chi connectivity index (χ1) is 6.21. The van der Waals surface area contributed by atoms with Crippen LogP contribution in [0.15, 0.2) is 0 Å². The van der Waals surface area contributed by atoms with E-state index in [0.29, 0.717) is 6.04 Å². The van der Waals surface area contributed by atoms with Gasteiger partial charge in [-0.05, 0) is 12.8 Å².